The van der Waals surface area contributed by atoms with E-state index in [4.69, 9.17) is 0 Å². The third-order valence-electron chi connectivity index (χ3n) is 4.42. The van der Waals surface area contributed by atoms with Crippen molar-refractivity contribution in [3.63, 3.8) is 0 Å². The van der Waals surface area contributed by atoms with Crippen molar-refractivity contribution in [1.82, 2.24) is 9.55 Å². The van der Waals surface area contributed by atoms with Gasteiger partial charge in [0.15, 0.2) is 5.78 Å². The van der Waals surface area contributed by atoms with Gasteiger partial charge in [0.1, 0.15) is 0 Å². The van der Waals surface area contributed by atoms with Crippen LogP contribution in [0.15, 0.2) is 23.0 Å². The summed E-state index contributed by atoms with van der Waals surface area (Å²) in [4.78, 5) is 27.5. The summed E-state index contributed by atoms with van der Waals surface area (Å²) in [6.07, 6.45) is -7.95. The highest BCUT2D eigenvalue weighted by Gasteiger charge is 2.38. The predicted molar refractivity (Wildman–Crippen MR) is 78.4 cm³/mol. The molecule has 3 rings (SSSR count). The largest absolute Gasteiger partial charge is 0.438 e. The molecule has 0 saturated heterocycles. The van der Waals surface area contributed by atoms with E-state index in [1.807, 2.05) is 0 Å². The molecule has 0 spiro atoms. The van der Waals surface area contributed by atoms with Crippen molar-refractivity contribution in [3.8, 4) is 0 Å². The lowest BCUT2D eigenvalue weighted by Crippen LogP contribution is -2.35. The Hall–Kier alpha value is -2.39. The summed E-state index contributed by atoms with van der Waals surface area (Å²) in [6.45, 7) is -0.715. The Bertz CT molecular complexity index is 925. The molecule has 4 nitrogen and oxygen atoms in total. The monoisotopic (exact) mass is 378 g/mol. The summed E-state index contributed by atoms with van der Waals surface area (Å²) in [5, 5.41) is 0. The van der Waals surface area contributed by atoms with Crippen LogP contribution in [0.3, 0.4) is 0 Å². The fraction of sp³-hybridized carbons (Fsp3) is 0.438. The van der Waals surface area contributed by atoms with Crippen LogP contribution in [0.25, 0.3) is 11.0 Å². The van der Waals surface area contributed by atoms with Gasteiger partial charge in [0.05, 0.1) is 23.1 Å². The highest BCUT2D eigenvalue weighted by Crippen LogP contribution is 2.33. The Morgan fingerprint density at radius 1 is 1.12 bits per heavy atom. The molecule has 0 N–H and O–H groups in total. The highest BCUT2D eigenvalue weighted by molar-refractivity contribution is 5.84. The predicted octanol–water partition coefficient (Wildman–Crippen LogP) is 3.80. The van der Waals surface area contributed by atoms with Crippen LogP contribution in [0.5, 0.6) is 0 Å². The molecular formula is C16H12F6N2O2. The van der Waals surface area contributed by atoms with Gasteiger partial charge in [0.25, 0.3) is 5.56 Å². The second-order valence-electron chi connectivity index (χ2n) is 6.14. The number of hydrogen-bond donors (Lipinski definition) is 0. The van der Waals surface area contributed by atoms with Crippen LogP contribution >= 0.6 is 0 Å². The van der Waals surface area contributed by atoms with Crippen molar-refractivity contribution in [2.45, 2.75) is 38.2 Å². The molecule has 1 aromatic heterocycles. The quantitative estimate of drug-likeness (QED) is 0.764. The van der Waals surface area contributed by atoms with Crippen molar-refractivity contribution in [2.24, 2.45) is 5.92 Å². The normalized spacial score (nSPS) is 15.9. The van der Waals surface area contributed by atoms with Crippen LogP contribution in [0.4, 0.5) is 26.3 Å². The molecule has 2 aromatic rings. The van der Waals surface area contributed by atoms with Gasteiger partial charge in [-0.3, -0.25) is 14.2 Å². The Morgan fingerprint density at radius 3 is 2.27 bits per heavy atom. The minimum absolute atomic E-state index is 0.384. The molecule has 0 radical (unpaired) electrons. The standard InChI is InChI=1S/C16H12F6N2O2/c17-15(18,19)9-4-5-10-11(6-9)24(7-12(25)8-2-1-3-8)14(26)13(23-10)16(20,21)22/h4-6,8H,1-3,7H2. The van der Waals surface area contributed by atoms with E-state index in [0.717, 1.165) is 12.5 Å². The summed E-state index contributed by atoms with van der Waals surface area (Å²) in [6, 6.07) is 1.88. The number of alkyl halides is 6. The summed E-state index contributed by atoms with van der Waals surface area (Å²) in [5.41, 5.74) is -5.42. The van der Waals surface area contributed by atoms with Gasteiger partial charge in [-0.05, 0) is 31.0 Å². The summed E-state index contributed by atoms with van der Waals surface area (Å²) < 4.78 is 78.4. The first-order valence-electron chi connectivity index (χ1n) is 7.70. The lowest BCUT2D eigenvalue weighted by atomic mass is 9.82. The second-order valence-corrected chi connectivity index (χ2v) is 6.14. The van der Waals surface area contributed by atoms with Crippen LogP contribution in [0.1, 0.15) is 30.5 Å². The second kappa shape index (κ2) is 6.10. The van der Waals surface area contributed by atoms with E-state index in [1.165, 1.54) is 0 Å². The average Bonchev–Trinajstić information content (AvgIpc) is 2.45. The number of halogens is 6. The van der Waals surface area contributed by atoms with E-state index >= 15 is 0 Å². The van der Waals surface area contributed by atoms with Gasteiger partial charge < -0.3 is 0 Å². The molecule has 0 bridgehead atoms. The molecule has 0 unspecified atom stereocenters. The zero-order valence-corrected chi connectivity index (χ0v) is 13.1. The number of benzene rings is 1. The van der Waals surface area contributed by atoms with Crippen LogP contribution < -0.4 is 5.56 Å². The number of hydrogen-bond acceptors (Lipinski definition) is 3. The van der Waals surface area contributed by atoms with Crippen LogP contribution in [-0.4, -0.2) is 15.3 Å². The molecule has 1 heterocycles. The van der Waals surface area contributed by atoms with Gasteiger partial charge in [-0.2, -0.15) is 26.3 Å². The number of carbonyl (C=O) groups excluding carboxylic acids is 1. The Kier molecular flexibility index (Phi) is 4.32. The maximum atomic E-state index is 13.1. The number of fused-ring (bicyclic) bond motifs is 1. The van der Waals surface area contributed by atoms with Crippen molar-refractivity contribution < 1.29 is 31.1 Å². The molecule has 1 aliphatic rings. The van der Waals surface area contributed by atoms with Gasteiger partial charge >= 0.3 is 12.4 Å². The number of ketones is 1. The van der Waals surface area contributed by atoms with Gasteiger partial charge in [-0.15, -0.1) is 0 Å². The summed E-state index contributed by atoms with van der Waals surface area (Å²) in [5.74, 6) is -0.860. The molecule has 26 heavy (non-hydrogen) atoms. The van der Waals surface area contributed by atoms with Crippen LogP contribution in [0.2, 0.25) is 0 Å². The Labute approximate surface area is 142 Å². The summed E-state index contributed by atoms with van der Waals surface area (Å²) >= 11 is 0. The maximum absolute atomic E-state index is 13.1. The Balaban J connectivity index is 2.22. The molecule has 1 fully saturated rings. The maximum Gasteiger partial charge on any atom is 0.438 e. The first-order chi connectivity index (χ1) is 12.0. The first-order valence-corrected chi connectivity index (χ1v) is 7.70. The lowest BCUT2D eigenvalue weighted by molar-refractivity contribution is -0.142. The number of nitrogens with zero attached hydrogens (tertiary/aromatic N) is 2. The van der Waals surface area contributed by atoms with Gasteiger partial charge in [0.2, 0.25) is 5.69 Å². The van der Waals surface area contributed by atoms with E-state index in [0.29, 0.717) is 29.5 Å². The van der Waals surface area contributed by atoms with Crippen molar-refractivity contribution in [3.05, 3.63) is 39.8 Å². The fourth-order valence-electron chi connectivity index (χ4n) is 2.77. The molecular weight excluding hydrogens is 366 g/mol. The first kappa shape index (κ1) is 18.4. The number of aromatic nitrogens is 2. The third-order valence-corrected chi connectivity index (χ3v) is 4.42. The van der Waals surface area contributed by atoms with E-state index < -0.39 is 52.5 Å². The molecule has 1 aliphatic carbocycles. The van der Waals surface area contributed by atoms with E-state index in [9.17, 15) is 35.9 Å². The van der Waals surface area contributed by atoms with E-state index in [1.54, 1.807) is 0 Å². The highest BCUT2D eigenvalue weighted by atomic mass is 19.4. The summed E-state index contributed by atoms with van der Waals surface area (Å²) in [7, 11) is 0. The lowest BCUT2D eigenvalue weighted by Gasteiger charge is -2.24. The van der Waals surface area contributed by atoms with Crippen molar-refractivity contribution in [1.29, 1.82) is 0 Å². The smallest absolute Gasteiger partial charge is 0.297 e. The van der Waals surface area contributed by atoms with Crippen LogP contribution in [-0.2, 0) is 23.7 Å². The number of rotatable bonds is 3. The third kappa shape index (κ3) is 3.32. The number of carbonyl (C=O) groups is 1. The molecule has 1 aromatic carbocycles. The molecule has 0 aliphatic heterocycles. The zero-order valence-electron chi connectivity index (χ0n) is 13.1. The minimum Gasteiger partial charge on any atom is -0.297 e. The fourth-order valence-corrected chi connectivity index (χ4v) is 2.77. The zero-order chi connectivity index (χ0) is 19.3. The molecule has 0 amide bonds. The van der Waals surface area contributed by atoms with Gasteiger partial charge in [0, 0.05) is 5.92 Å². The number of Topliss-reactive ketones (excluding diaryl/α,β-unsaturated/α-hetero) is 1. The minimum atomic E-state index is -5.09. The Morgan fingerprint density at radius 2 is 1.77 bits per heavy atom. The van der Waals surface area contributed by atoms with Gasteiger partial charge in [-0.1, -0.05) is 6.42 Å². The van der Waals surface area contributed by atoms with Crippen molar-refractivity contribution in [2.75, 3.05) is 0 Å². The molecule has 0 atom stereocenters. The van der Waals surface area contributed by atoms with E-state index in [-0.39, 0.29) is 5.92 Å². The molecule has 140 valence electrons. The SMILES string of the molecule is O=C(Cn1c(=O)c(C(F)(F)F)nc2ccc(C(F)(F)F)cc21)C1CCC1. The van der Waals surface area contributed by atoms with Crippen LogP contribution in [0, 0.1) is 5.92 Å². The molecule has 1 saturated carbocycles. The molecule has 10 heteroatoms. The van der Waals surface area contributed by atoms with E-state index in [2.05, 4.69) is 4.98 Å². The topological polar surface area (TPSA) is 52.0 Å². The van der Waals surface area contributed by atoms with Crippen molar-refractivity contribution >= 4 is 16.8 Å². The van der Waals surface area contributed by atoms with Gasteiger partial charge in [-0.25, -0.2) is 4.98 Å². The average molecular weight is 378 g/mol.